The molecule has 0 unspecified atom stereocenters. The highest BCUT2D eigenvalue weighted by Crippen LogP contribution is 2.29. The van der Waals surface area contributed by atoms with Gasteiger partial charge in [-0.25, -0.2) is 13.4 Å². The second-order valence-electron chi connectivity index (χ2n) is 5.91. The number of carbonyl (C=O) groups excluding carboxylic acids is 1. The van der Waals surface area contributed by atoms with Gasteiger partial charge in [0.25, 0.3) is 10.0 Å². The number of nitrogens with zero attached hydrogens (tertiary/aromatic N) is 1. The maximum absolute atomic E-state index is 12.2. The Balaban J connectivity index is 1.29. The number of hydrogen-bond acceptors (Lipinski definition) is 8. The summed E-state index contributed by atoms with van der Waals surface area (Å²) in [5.74, 6) is 0.0864. The molecule has 4 aromatic rings. The Morgan fingerprint density at radius 2 is 1.77 bits per heavy atom. The fourth-order valence-electron chi connectivity index (χ4n) is 2.41. The zero-order chi connectivity index (χ0) is 21.0. The number of aromatic nitrogens is 1. The summed E-state index contributed by atoms with van der Waals surface area (Å²) in [7, 11) is -3.57. The Hall–Kier alpha value is -2.18. The Kier molecular flexibility index (Phi) is 6.54. The van der Waals surface area contributed by atoms with Crippen molar-refractivity contribution in [3.63, 3.8) is 0 Å². The van der Waals surface area contributed by atoms with Crippen LogP contribution in [-0.2, 0) is 14.8 Å². The van der Waals surface area contributed by atoms with Crippen molar-refractivity contribution < 1.29 is 13.2 Å². The number of rotatable bonds is 8. The van der Waals surface area contributed by atoms with Gasteiger partial charge in [-0.3, -0.25) is 9.52 Å². The second kappa shape index (κ2) is 9.31. The van der Waals surface area contributed by atoms with Crippen LogP contribution in [0.5, 0.6) is 0 Å². The van der Waals surface area contributed by atoms with Crippen LogP contribution in [0.15, 0.2) is 73.8 Å². The van der Waals surface area contributed by atoms with Gasteiger partial charge >= 0.3 is 0 Å². The van der Waals surface area contributed by atoms with E-state index < -0.39 is 10.0 Å². The van der Waals surface area contributed by atoms with Crippen molar-refractivity contribution >= 4 is 72.5 Å². The highest BCUT2D eigenvalue weighted by molar-refractivity contribution is 8.00. The molecule has 0 aliphatic carbocycles. The van der Waals surface area contributed by atoms with Crippen LogP contribution in [0, 0.1) is 0 Å². The highest BCUT2D eigenvalue weighted by atomic mass is 32.2. The molecule has 0 aliphatic heterocycles. The molecule has 154 valence electrons. The van der Waals surface area contributed by atoms with Crippen LogP contribution in [0.2, 0.25) is 0 Å². The largest absolute Gasteiger partial charge is 0.301 e. The topological polar surface area (TPSA) is 88.2 Å². The molecule has 0 radical (unpaired) electrons. The van der Waals surface area contributed by atoms with E-state index in [0.29, 0.717) is 10.8 Å². The van der Waals surface area contributed by atoms with Gasteiger partial charge in [0.05, 0.1) is 16.3 Å². The molecule has 0 saturated carbocycles. The molecule has 3 heterocycles. The number of thiazole rings is 1. The number of amides is 1. The molecule has 1 amide bonds. The molecular formula is C19H15N3O3S5. The number of sulfonamides is 1. The van der Waals surface area contributed by atoms with Crippen molar-refractivity contribution in [2.75, 3.05) is 15.8 Å². The Morgan fingerprint density at radius 1 is 1.00 bits per heavy atom. The quantitative estimate of drug-likeness (QED) is 0.318. The van der Waals surface area contributed by atoms with E-state index in [9.17, 15) is 13.2 Å². The predicted molar refractivity (Wildman–Crippen MR) is 126 cm³/mol. The normalized spacial score (nSPS) is 11.3. The van der Waals surface area contributed by atoms with Gasteiger partial charge in [0.2, 0.25) is 5.91 Å². The van der Waals surface area contributed by atoms with Crippen molar-refractivity contribution in [1.82, 2.24) is 4.98 Å². The van der Waals surface area contributed by atoms with E-state index >= 15 is 0 Å². The molecule has 11 heteroatoms. The summed E-state index contributed by atoms with van der Waals surface area (Å²) < 4.78 is 27.3. The smallest absolute Gasteiger partial charge is 0.271 e. The highest BCUT2D eigenvalue weighted by Gasteiger charge is 2.15. The van der Waals surface area contributed by atoms with Crippen molar-refractivity contribution in [3.05, 3.63) is 64.7 Å². The molecule has 0 atom stereocenters. The number of nitrogens with one attached hydrogen (secondary N) is 2. The SMILES string of the molecule is O=C(CSc1ccc(NS(=O)(=O)c2cccs2)cc1)Nc1nc(-c2cccs2)cs1. The van der Waals surface area contributed by atoms with Crippen LogP contribution < -0.4 is 10.0 Å². The minimum atomic E-state index is -3.57. The summed E-state index contributed by atoms with van der Waals surface area (Å²) in [6, 6.07) is 14.1. The molecular weight excluding hydrogens is 479 g/mol. The Bertz CT molecular complexity index is 1210. The van der Waals surface area contributed by atoms with Gasteiger partial charge in [-0.15, -0.1) is 45.8 Å². The van der Waals surface area contributed by atoms with Crippen molar-refractivity contribution in [2.24, 2.45) is 0 Å². The number of anilines is 2. The molecule has 0 bridgehead atoms. The fraction of sp³-hybridized carbons (Fsp3) is 0.0526. The summed E-state index contributed by atoms with van der Waals surface area (Å²) in [6.45, 7) is 0. The number of carbonyl (C=O) groups is 1. The number of thioether (sulfide) groups is 1. The monoisotopic (exact) mass is 493 g/mol. The fourth-order valence-corrected chi connectivity index (χ4v) is 6.65. The predicted octanol–water partition coefficient (Wildman–Crippen LogP) is 5.46. The molecule has 3 aromatic heterocycles. The molecule has 6 nitrogen and oxygen atoms in total. The van der Waals surface area contributed by atoms with Crippen LogP contribution in [0.25, 0.3) is 10.6 Å². The average Bonchev–Trinajstić information content (AvgIpc) is 3.49. The first-order valence-electron chi connectivity index (χ1n) is 8.58. The third-order valence-corrected chi connectivity index (χ3v) is 9.20. The second-order valence-corrected chi connectivity index (χ2v) is 11.6. The van der Waals surface area contributed by atoms with Crippen molar-refractivity contribution in [3.8, 4) is 10.6 Å². The van der Waals surface area contributed by atoms with Gasteiger partial charge in [0.1, 0.15) is 4.21 Å². The molecule has 0 aliphatic rings. The van der Waals surface area contributed by atoms with Gasteiger partial charge in [0, 0.05) is 16.0 Å². The Morgan fingerprint density at radius 3 is 2.47 bits per heavy atom. The summed E-state index contributed by atoms with van der Waals surface area (Å²) >= 11 is 5.53. The first kappa shape index (κ1) is 21.1. The van der Waals surface area contributed by atoms with Gasteiger partial charge < -0.3 is 5.32 Å². The summed E-state index contributed by atoms with van der Waals surface area (Å²) in [4.78, 5) is 18.6. The van der Waals surface area contributed by atoms with Crippen LogP contribution in [-0.4, -0.2) is 25.1 Å². The van der Waals surface area contributed by atoms with Gasteiger partial charge in [-0.05, 0) is 47.2 Å². The molecule has 0 spiro atoms. The van der Waals surface area contributed by atoms with Crippen LogP contribution >= 0.6 is 45.8 Å². The minimum absolute atomic E-state index is 0.144. The van der Waals surface area contributed by atoms with Gasteiger partial charge in [0.15, 0.2) is 5.13 Å². The lowest BCUT2D eigenvalue weighted by atomic mass is 10.3. The zero-order valence-corrected chi connectivity index (χ0v) is 19.4. The van der Waals surface area contributed by atoms with Gasteiger partial charge in [-0.2, -0.15) is 0 Å². The van der Waals surface area contributed by atoms with Crippen molar-refractivity contribution in [1.29, 1.82) is 0 Å². The first-order chi connectivity index (χ1) is 14.5. The molecule has 0 saturated heterocycles. The van der Waals surface area contributed by atoms with Crippen molar-refractivity contribution in [2.45, 2.75) is 9.10 Å². The van der Waals surface area contributed by atoms with E-state index in [2.05, 4.69) is 15.0 Å². The Labute approximate surface area is 190 Å². The lowest BCUT2D eigenvalue weighted by molar-refractivity contribution is -0.113. The standard InChI is InChI=1S/C19H15N3O3S5/c23-17(21-19-20-15(11-29-19)16-3-1-9-26-16)12-28-14-7-5-13(6-8-14)22-30(24,25)18-4-2-10-27-18/h1-11,22H,12H2,(H,20,21,23). The van der Waals surface area contributed by atoms with Gasteiger partial charge in [-0.1, -0.05) is 12.1 Å². The number of benzene rings is 1. The summed E-state index contributed by atoms with van der Waals surface area (Å²) in [5, 5.41) is 9.01. The van der Waals surface area contributed by atoms with E-state index in [4.69, 9.17) is 0 Å². The van der Waals surface area contributed by atoms with Crippen LogP contribution in [0.4, 0.5) is 10.8 Å². The van der Waals surface area contributed by atoms with Crippen LogP contribution in [0.1, 0.15) is 0 Å². The number of hydrogen-bond donors (Lipinski definition) is 2. The van der Waals surface area contributed by atoms with E-state index in [1.807, 2.05) is 22.9 Å². The minimum Gasteiger partial charge on any atom is -0.301 e. The number of thiophene rings is 2. The molecule has 2 N–H and O–H groups in total. The van der Waals surface area contributed by atoms with E-state index in [-0.39, 0.29) is 15.9 Å². The third-order valence-electron chi connectivity index (χ3n) is 3.76. The molecule has 1 aromatic carbocycles. The average molecular weight is 494 g/mol. The summed E-state index contributed by atoms with van der Waals surface area (Å²) in [6.07, 6.45) is 0. The maximum Gasteiger partial charge on any atom is 0.271 e. The van der Waals surface area contributed by atoms with E-state index in [0.717, 1.165) is 26.8 Å². The molecule has 0 fully saturated rings. The molecule has 30 heavy (non-hydrogen) atoms. The van der Waals surface area contributed by atoms with E-state index in [1.165, 1.54) is 23.1 Å². The van der Waals surface area contributed by atoms with Crippen LogP contribution in [0.3, 0.4) is 0 Å². The third kappa shape index (κ3) is 5.29. The summed E-state index contributed by atoms with van der Waals surface area (Å²) in [5.41, 5.74) is 1.33. The maximum atomic E-state index is 12.2. The zero-order valence-electron chi connectivity index (χ0n) is 15.3. The molecule has 4 rings (SSSR count). The first-order valence-corrected chi connectivity index (χ1v) is 13.7. The lowest BCUT2D eigenvalue weighted by Crippen LogP contribution is -2.13. The lowest BCUT2D eigenvalue weighted by Gasteiger charge is -2.07. The van der Waals surface area contributed by atoms with E-state index in [1.54, 1.807) is 53.1 Å².